The Hall–Kier alpha value is -0.420. The molecule has 3 nitrogen and oxygen atoms in total. The topological polar surface area (TPSA) is 32.5 Å². The fourth-order valence-electron chi connectivity index (χ4n) is 2.60. The van der Waals surface area contributed by atoms with E-state index in [0.29, 0.717) is 6.54 Å². The predicted molar refractivity (Wildman–Crippen MR) is 95.7 cm³/mol. The Morgan fingerprint density at radius 2 is 1.71 bits per heavy atom. The number of hydrogen-bond donors (Lipinski definition) is 1. The van der Waals surface area contributed by atoms with E-state index >= 15 is 0 Å². The number of nitrogens with zero attached hydrogens (tertiary/aromatic N) is 2. The SMILES string of the molecule is CCCN(CCN(C)C)C(C)(CN)Cc1ccc(Br)cc1. The van der Waals surface area contributed by atoms with Crippen LogP contribution in [0.15, 0.2) is 28.7 Å². The normalized spacial score (nSPS) is 14.7. The van der Waals surface area contributed by atoms with E-state index in [1.54, 1.807) is 0 Å². The maximum Gasteiger partial charge on any atom is 0.0344 e. The van der Waals surface area contributed by atoms with Crippen LogP contribution in [0.2, 0.25) is 0 Å². The van der Waals surface area contributed by atoms with Gasteiger partial charge in [-0.15, -0.1) is 0 Å². The summed E-state index contributed by atoms with van der Waals surface area (Å²) in [6, 6.07) is 8.59. The van der Waals surface area contributed by atoms with E-state index in [1.165, 1.54) is 5.56 Å². The average molecular weight is 356 g/mol. The summed E-state index contributed by atoms with van der Waals surface area (Å²) in [6.45, 7) is 8.43. The Balaban J connectivity index is 2.83. The van der Waals surface area contributed by atoms with Crippen molar-refractivity contribution in [3.05, 3.63) is 34.3 Å². The van der Waals surface area contributed by atoms with Crippen molar-refractivity contribution < 1.29 is 0 Å². The Morgan fingerprint density at radius 1 is 1.10 bits per heavy atom. The van der Waals surface area contributed by atoms with Crippen molar-refractivity contribution >= 4 is 15.9 Å². The highest BCUT2D eigenvalue weighted by Crippen LogP contribution is 2.22. The van der Waals surface area contributed by atoms with Gasteiger partial charge in [-0.3, -0.25) is 4.90 Å². The van der Waals surface area contributed by atoms with Crippen LogP contribution >= 0.6 is 15.9 Å². The first-order chi connectivity index (χ1) is 9.91. The fraction of sp³-hybridized carbons (Fsp3) is 0.647. The van der Waals surface area contributed by atoms with E-state index in [1.807, 2.05) is 0 Å². The Labute approximate surface area is 138 Å². The lowest BCUT2D eigenvalue weighted by Crippen LogP contribution is -2.55. The zero-order chi connectivity index (χ0) is 15.9. The molecule has 21 heavy (non-hydrogen) atoms. The van der Waals surface area contributed by atoms with Gasteiger partial charge in [-0.2, -0.15) is 0 Å². The van der Waals surface area contributed by atoms with Crippen LogP contribution < -0.4 is 5.73 Å². The van der Waals surface area contributed by atoms with Crippen molar-refractivity contribution in [1.29, 1.82) is 0 Å². The zero-order valence-electron chi connectivity index (χ0n) is 13.9. The second kappa shape index (κ2) is 8.89. The van der Waals surface area contributed by atoms with Crippen LogP contribution in [-0.4, -0.2) is 55.6 Å². The molecule has 0 amide bonds. The van der Waals surface area contributed by atoms with E-state index < -0.39 is 0 Å². The Morgan fingerprint density at radius 3 is 2.19 bits per heavy atom. The molecule has 0 aromatic heterocycles. The standard InChI is InChI=1S/C17H30BrN3/c1-5-10-21(12-11-20(3)4)17(2,14-19)13-15-6-8-16(18)9-7-15/h6-9H,5,10-14,19H2,1-4H3. The third kappa shape index (κ3) is 6.07. The molecule has 1 atom stereocenters. The van der Waals surface area contributed by atoms with E-state index in [0.717, 1.165) is 36.9 Å². The minimum atomic E-state index is 0.0137. The van der Waals surface area contributed by atoms with Gasteiger partial charge >= 0.3 is 0 Å². The highest BCUT2D eigenvalue weighted by molar-refractivity contribution is 9.10. The summed E-state index contributed by atoms with van der Waals surface area (Å²) in [4.78, 5) is 4.79. The van der Waals surface area contributed by atoms with Gasteiger partial charge in [0.15, 0.2) is 0 Å². The molecule has 0 heterocycles. The summed E-state index contributed by atoms with van der Waals surface area (Å²) >= 11 is 3.50. The van der Waals surface area contributed by atoms with Gasteiger partial charge in [0.2, 0.25) is 0 Å². The summed E-state index contributed by atoms with van der Waals surface area (Å²) in [5.41, 5.74) is 7.52. The van der Waals surface area contributed by atoms with Crippen molar-refractivity contribution in [2.75, 3.05) is 40.3 Å². The maximum atomic E-state index is 6.16. The van der Waals surface area contributed by atoms with Gasteiger partial charge < -0.3 is 10.6 Å². The molecule has 1 aromatic rings. The fourth-order valence-corrected chi connectivity index (χ4v) is 2.86. The van der Waals surface area contributed by atoms with Crippen molar-refractivity contribution in [2.24, 2.45) is 5.73 Å². The van der Waals surface area contributed by atoms with E-state index in [9.17, 15) is 0 Å². The Kier molecular flexibility index (Phi) is 7.88. The second-order valence-corrected chi connectivity index (χ2v) is 7.21. The zero-order valence-corrected chi connectivity index (χ0v) is 15.5. The molecule has 4 heteroatoms. The maximum absolute atomic E-state index is 6.16. The lowest BCUT2D eigenvalue weighted by Gasteiger charge is -2.41. The van der Waals surface area contributed by atoms with Gasteiger partial charge in [0, 0.05) is 29.6 Å². The first-order valence-corrected chi connectivity index (χ1v) is 8.55. The van der Waals surface area contributed by atoms with E-state index in [2.05, 4.69) is 77.9 Å². The smallest absolute Gasteiger partial charge is 0.0344 e. The van der Waals surface area contributed by atoms with Crippen LogP contribution in [0, 0.1) is 0 Å². The van der Waals surface area contributed by atoms with Crippen molar-refractivity contribution in [1.82, 2.24) is 9.80 Å². The summed E-state index contributed by atoms with van der Waals surface area (Å²) in [5, 5.41) is 0. The van der Waals surface area contributed by atoms with Crippen LogP contribution in [0.5, 0.6) is 0 Å². The van der Waals surface area contributed by atoms with Crippen molar-refractivity contribution in [3.8, 4) is 0 Å². The third-order valence-electron chi connectivity index (χ3n) is 4.01. The monoisotopic (exact) mass is 355 g/mol. The second-order valence-electron chi connectivity index (χ2n) is 6.29. The van der Waals surface area contributed by atoms with Crippen LogP contribution in [0.25, 0.3) is 0 Å². The molecule has 0 bridgehead atoms. The van der Waals surface area contributed by atoms with Gasteiger partial charge in [-0.25, -0.2) is 0 Å². The predicted octanol–water partition coefficient (Wildman–Crippen LogP) is 2.98. The summed E-state index contributed by atoms with van der Waals surface area (Å²) in [5.74, 6) is 0. The van der Waals surface area contributed by atoms with Gasteiger partial charge in [-0.05, 0) is 58.1 Å². The number of nitrogens with two attached hydrogens (primary N) is 1. The summed E-state index contributed by atoms with van der Waals surface area (Å²) in [6.07, 6.45) is 2.15. The molecule has 0 saturated heterocycles. The molecule has 120 valence electrons. The molecule has 1 unspecified atom stereocenters. The summed E-state index contributed by atoms with van der Waals surface area (Å²) < 4.78 is 1.12. The van der Waals surface area contributed by atoms with Crippen LogP contribution in [0.3, 0.4) is 0 Å². The quantitative estimate of drug-likeness (QED) is 0.738. The Bertz CT molecular complexity index is 405. The number of likely N-dealkylation sites (N-methyl/N-ethyl adjacent to an activating group) is 1. The van der Waals surface area contributed by atoms with Crippen molar-refractivity contribution in [2.45, 2.75) is 32.2 Å². The average Bonchev–Trinajstić information content (AvgIpc) is 2.45. The first-order valence-electron chi connectivity index (χ1n) is 7.75. The molecule has 1 rings (SSSR count). The molecule has 2 N–H and O–H groups in total. The van der Waals surface area contributed by atoms with Crippen LogP contribution in [0.4, 0.5) is 0 Å². The van der Waals surface area contributed by atoms with Gasteiger partial charge in [0.05, 0.1) is 0 Å². The molecule has 0 aliphatic heterocycles. The van der Waals surface area contributed by atoms with Gasteiger partial charge in [-0.1, -0.05) is 35.0 Å². The van der Waals surface area contributed by atoms with Crippen molar-refractivity contribution in [3.63, 3.8) is 0 Å². The highest BCUT2D eigenvalue weighted by Gasteiger charge is 2.30. The minimum absolute atomic E-state index is 0.0137. The number of rotatable bonds is 9. The lowest BCUT2D eigenvalue weighted by molar-refractivity contribution is 0.100. The molecule has 0 aliphatic carbocycles. The third-order valence-corrected chi connectivity index (χ3v) is 4.54. The lowest BCUT2D eigenvalue weighted by atomic mass is 9.90. The van der Waals surface area contributed by atoms with Crippen LogP contribution in [-0.2, 0) is 6.42 Å². The molecule has 0 fully saturated rings. The van der Waals surface area contributed by atoms with Crippen LogP contribution in [0.1, 0.15) is 25.8 Å². The number of benzene rings is 1. The molecule has 0 saturated carbocycles. The molecule has 0 radical (unpaired) electrons. The number of halogens is 1. The van der Waals surface area contributed by atoms with Gasteiger partial charge in [0.25, 0.3) is 0 Å². The minimum Gasteiger partial charge on any atom is -0.329 e. The highest BCUT2D eigenvalue weighted by atomic mass is 79.9. The molecule has 0 spiro atoms. The van der Waals surface area contributed by atoms with Gasteiger partial charge in [0.1, 0.15) is 0 Å². The first kappa shape index (κ1) is 18.6. The van der Waals surface area contributed by atoms with E-state index in [-0.39, 0.29) is 5.54 Å². The summed E-state index contributed by atoms with van der Waals surface area (Å²) in [7, 11) is 4.25. The number of hydrogen-bond acceptors (Lipinski definition) is 3. The largest absolute Gasteiger partial charge is 0.329 e. The molecule has 0 aliphatic rings. The molecular weight excluding hydrogens is 326 g/mol. The molecular formula is C17H30BrN3. The van der Waals surface area contributed by atoms with E-state index in [4.69, 9.17) is 5.73 Å². The molecule has 1 aromatic carbocycles.